The fourth-order valence-electron chi connectivity index (χ4n) is 0.913. The van der Waals surface area contributed by atoms with Crippen LogP contribution in [0.2, 0.25) is 0 Å². The zero-order valence-corrected chi connectivity index (χ0v) is 8.96. The van der Waals surface area contributed by atoms with Gasteiger partial charge in [0.15, 0.2) is 0 Å². The van der Waals surface area contributed by atoms with Gasteiger partial charge in [0.2, 0.25) is 0 Å². The lowest BCUT2D eigenvalue weighted by molar-refractivity contribution is 0.900. The van der Waals surface area contributed by atoms with E-state index in [2.05, 4.69) is 19.2 Å². The van der Waals surface area contributed by atoms with Gasteiger partial charge in [-0.2, -0.15) is 0 Å². The summed E-state index contributed by atoms with van der Waals surface area (Å²) in [5, 5.41) is 3.28. The zero-order chi connectivity index (χ0) is 10.3. The molecule has 0 unspecified atom stereocenters. The maximum Gasteiger partial charge on any atom is 0.0343 e. The maximum absolute atomic E-state index is 5.53. The molecule has 0 aliphatic rings. The first kappa shape index (κ1) is 11.8. The lowest BCUT2D eigenvalue weighted by Gasteiger charge is -2.09. The molecule has 0 amide bonds. The number of hydrogen-bond donors (Lipinski definition) is 2. The van der Waals surface area contributed by atoms with Gasteiger partial charge in [0.1, 0.15) is 0 Å². The minimum Gasteiger partial charge on any atom is -0.399 e. The largest absolute Gasteiger partial charge is 0.399 e. The second kappa shape index (κ2) is 6.35. The molecule has 1 aromatic rings. The van der Waals surface area contributed by atoms with Crippen LogP contribution in [0.3, 0.4) is 0 Å². The van der Waals surface area contributed by atoms with Gasteiger partial charge >= 0.3 is 0 Å². The number of benzene rings is 1. The Bertz CT molecular complexity index is 214. The van der Waals surface area contributed by atoms with Gasteiger partial charge in [0.05, 0.1) is 0 Å². The topological polar surface area (TPSA) is 38.0 Å². The average Bonchev–Trinajstić information content (AvgIpc) is 2.12. The molecular formula is C11H20N2. The van der Waals surface area contributed by atoms with E-state index in [1.807, 2.05) is 38.1 Å². The first-order chi connectivity index (χ1) is 6.18. The highest BCUT2D eigenvalue weighted by Crippen LogP contribution is 2.10. The third kappa shape index (κ3) is 5.12. The van der Waals surface area contributed by atoms with E-state index in [-0.39, 0.29) is 0 Å². The predicted molar refractivity (Wildman–Crippen MR) is 61.0 cm³/mol. The van der Waals surface area contributed by atoms with Crippen LogP contribution in [0, 0.1) is 0 Å². The molecule has 0 saturated carbocycles. The van der Waals surface area contributed by atoms with Gasteiger partial charge in [-0.05, 0) is 38.1 Å². The Morgan fingerprint density at radius 2 is 1.54 bits per heavy atom. The van der Waals surface area contributed by atoms with E-state index in [4.69, 9.17) is 5.73 Å². The summed E-state index contributed by atoms with van der Waals surface area (Å²) >= 11 is 0. The minimum atomic E-state index is 0.471. The van der Waals surface area contributed by atoms with Crippen molar-refractivity contribution in [3.8, 4) is 0 Å². The van der Waals surface area contributed by atoms with Crippen molar-refractivity contribution < 1.29 is 0 Å². The van der Waals surface area contributed by atoms with Crippen molar-refractivity contribution in [2.24, 2.45) is 0 Å². The summed E-state index contributed by atoms with van der Waals surface area (Å²) in [5.74, 6) is 0. The van der Waals surface area contributed by atoms with Crippen LogP contribution in [-0.2, 0) is 0 Å². The number of nitrogens with one attached hydrogen (secondary N) is 1. The molecule has 2 nitrogen and oxygen atoms in total. The van der Waals surface area contributed by atoms with Crippen LogP contribution in [0.5, 0.6) is 0 Å². The molecule has 0 spiro atoms. The Balaban J connectivity index is 0.000000671. The number of rotatable bonds is 2. The van der Waals surface area contributed by atoms with Gasteiger partial charge in [-0.25, -0.2) is 0 Å². The van der Waals surface area contributed by atoms with Crippen molar-refractivity contribution in [2.45, 2.75) is 33.7 Å². The van der Waals surface area contributed by atoms with Crippen molar-refractivity contribution in [3.05, 3.63) is 24.3 Å². The Kier molecular flexibility index (Phi) is 5.77. The Hall–Kier alpha value is -1.18. The molecule has 74 valence electrons. The highest BCUT2D eigenvalue weighted by molar-refractivity contribution is 5.51. The van der Waals surface area contributed by atoms with Gasteiger partial charge in [-0.1, -0.05) is 13.8 Å². The summed E-state index contributed by atoms with van der Waals surface area (Å²) in [6.45, 7) is 8.21. The monoisotopic (exact) mass is 180 g/mol. The molecule has 0 aromatic heterocycles. The summed E-state index contributed by atoms with van der Waals surface area (Å²) in [6, 6.07) is 8.22. The molecule has 0 aliphatic carbocycles. The van der Waals surface area contributed by atoms with Gasteiger partial charge in [-0.15, -0.1) is 0 Å². The maximum atomic E-state index is 5.53. The molecule has 0 aliphatic heterocycles. The molecule has 0 saturated heterocycles. The number of anilines is 2. The molecule has 1 aromatic carbocycles. The quantitative estimate of drug-likeness (QED) is 0.686. The molecule has 0 bridgehead atoms. The highest BCUT2D eigenvalue weighted by atomic mass is 14.9. The summed E-state index contributed by atoms with van der Waals surface area (Å²) in [6.07, 6.45) is 0. The molecule has 0 atom stereocenters. The lowest BCUT2D eigenvalue weighted by Crippen LogP contribution is -2.09. The first-order valence-electron chi connectivity index (χ1n) is 4.80. The SMILES string of the molecule is CC.CC(C)Nc1ccc(N)cc1. The summed E-state index contributed by atoms with van der Waals surface area (Å²) in [5.41, 5.74) is 7.45. The Morgan fingerprint density at radius 1 is 1.08 bits per heavy atom. The molecule has 2 heteroatoms. The molecule has 0 heterocycles. The smallest absolute Gasteiger partial charge is 0.0343 e. The van der Waals surface area contributed by atoms with E-state index in [0.29, 0.717) is 6.04 Å². The number of hydrogen-bond acceptors (Lipinski definition) is 2. The second-order valence-electron chi connectivity index (χ2n) is 2.92. The molecule has 1 rings (SSSR count). The van der Waals surface area contributed by atoms with Crippen LogP contribution in [0.15, 0.2) is 24.3 Å². The fourth-order valence-corrected chi connectivity index (χ4v) is 0.913. The van der Waals surface area contributed by atoms with E-state index in [0.717, 1.165) is 11.4 Å². The number of nitrogen functional groups attached to an aromatic ring is 1. The third-order valence-electron chi connectivity index (χ3n) is 1.37. The second-order valence-corrected chi connectivity index (χ2v) is 2.92. The summed E-state index contributed by atoms with van der Waals surface area (Å²) in [7, 11) is 0. The van der Waals surface area contributed by atoms with Gasteiger partial charge in [0.25, 0.3) is 0 Å². The van der Waals surface area contributed by atoms with Crippen molar-refractivity contribution in [2.75, 3.05) is 11.1 Å². The van der Waals surface area contributed by atoms with Gasteiger partial charge in [0, 0.05) is 17.4 Å². The Morgan fingerprint density at radius 3 is 1.92 bits per heavy atom. The summed E-state index contributed by atoms with van der Waals surface area (Å²) < 4.78 is 0. The lowest BCUT2D eigenvalue weighted by atomic mass is 10.2. The number of nitrogens with two attached hydrogens (primary N) is 1. The normalized spacial score (nSPS) is 9.00. The molecule has 0 fully saturated rings. The van der Waals surface area contributed by atoms with Gasteiger partial charge < -0.3 is 11.1 Å². The van der Waals surface area contributed by atoms with Crippen LogP contribution in [0.25, 0.3) is 0 Å². The fraction of sp³-hybridized carbons (Fsp3) is 0.455. The van der Waals surface area contributed by atoms with Crippen molar-refractivity contribution in [1.29, 1.82) is 0 Å². The van der Waals surface area contributed by atoms with Crippen LogP contribution >= 0.6 is 0 Å². The average molecular weight is 180 g/mol. The molecular weight excluding hydrogens is 160 g/mol. The summed E-state index contributed by atoms with van der Waals surface area (Å²) in [4.78, 5) is 0. The van der Waals surface area contributed by atoms with E-state index in [9.17, 15) is 0 Å². The van der Waals surface area contributed by atoms with Crippen molar-refractivity contribution in [1.82, 2.24) is 0 Å². The van der Waals surface area contributed by atoms with Crippen LogP contribution in [0.1, 0.15) is 27.7 Å². The van der Waals surface area contributed by atoms with E-state index >= 15 is 0 Å². The third-order valence-corrected chi connectivity index (χ3v) is 1.37. The van der Waals surface area contributed by atoms with Crippen LogP contribution in [-0.4, -0.2) is 6.04 Å². The van der Waals surface area contributed by atoms with E-state index in [1.165, 1.54) is 0 Å². The zero-order valence-electron chi connectivity index (χ0n) is 8.96. The highest BCUT2D eigenvalue weighted by Gasteiger charge is 1.92. The van der Waals surface area contributed by atoms with Crippen LogP contribution < -0.4 is 11.1 Å². The standard InChI is InChI=1S/C9H14N2.C2H6/c1-7(2)11-9-5-3-8(10)4-6-9;1-2/h3-7,11H,10H2,1-2H3;1-2H3. The van der Waals surface area contributed by atoms with Crippen molar-refractivity contribution in [3.63, 3.8) is 0 Å². The molecule has 3 N–H and O–H groups in total. The predicted octanol–water partition coefficient (Wildman–Crippen LogP) is 3.12. The molecule has 0 radical (unpaired) electrons. The first-order valence-corrected chi connectivity index (χ1v) is 4.80. The molecule has 13 heavy (non-hydrogen) atoms. The van der Waals surface area contributed by atoms with E-state index in [1.54, 1.807) is 0 Å². The van der Waals surface area contributed by atoms with Crippen LogP contribution in [0.4, 0.5) is 11.4 Å². The van der Waals surface area contributed by atoms with Crippen molar-refractivity contribution >= 4 is 11.4 Å². The van der Waals surface area contributed by atoms with E-state index < -0.39 is 0 Å². The Labute approximate surface area is 81.2 Å². The minimum absolute atomic E-state index is 0.471. The van der Waals surface area contributed by atoms with Gasteiger partial charge in [-0.3, -0.25) is 0 Å².